The first-order chi connectivity index (χ1) is 9.87. The van der Waals surface area contributed by atoms with Gasteiger partial charge in [-0.3, -0.25) is 4.21 Å². The van der Waals surface area contributed by atoms with Crippen LogP contribution < -0.4 is 0 Å². The summed E-state index contributed by atoms with van der Waals surface area (Å²) in [6.45, 7) is 3.72. The average molecular weight is 329 g/mol. The maximum atomic E-state index is 12.9. The Bertz CT molecular complexity index is 488. The first-order valence-electron chi connectivity index (χ1n) is 7.77. The highest BCUT2D eigenvalue weighted by Gasteiger charge is 2.49. The molecule has 0 saturated heterocycles. The summed E-state index contributed by atoms with van der Waals surface area (Å²) in [5.41, 5.74) is 0.0572. The van der Waals surface area contributed by atoms with Crippen molar-refractivity contribution in [2.24, 2.45) is 0 Å². The van der Waals surface area contributed by atoms with E-state index in [0.717, 1.165) is 31.2 Å². The molecule has 2 rings (SSSR count). The lowest BCUT2D eigenvalue weighted by atomic mass is 9.84. The van der Waals surface area contributed by atoms with Crippen molar-refractivity contribution in [3.05, 3.63) is 29.8 Å². The van der Waals surface area contributed by atoms with Crippen LogP contribution >= 0.6 is 11.6 Å². The molecule has 0 radical (unpaired) electrons. The third-order valence-corrected chi connectivity index (χ3v) is 7.14. The molecule has 1 aromatic carbocycles. The lowest BCUT2D eigenvalue weighted by Gasteiger charge is -2.41. The third kappa shape index (κ3) is 3.69. The molecule has 2 atom stereocenters. The summed E-state index contributed by atoms with van der Waals surface area (Å²) in [6, 6.07) is 7.56. The van der Waals surface area contributed by atoms with Crippen LogP contribution in [0.5, 0.6) is 0 Å². The van der Waals surface area contributed by atoms with Gasteiger partial charge in [-0.2, -0.15) is 0 Å². The molecule has 0 spiro atoms. The lowest BCUT2D eigenvalue weighted by Crippen LogP contribution is -2.51. The van der Waals surface area contributed by atoms with E-state index >= 15 is 0 Å². The topological polar surface area (TPSA) is 37.3 Å². The van der Waals surface area contributed by atoms with Crippen LogP contribution in [0, 0.1) is 6.92 Å². The smallest absolute Gasteiger partial charge is 0.149 e. The van der Waals surface area contributed by atoms with E-state index in [1.54, 1.807) is 6.92 Å². The SMILES string of the molecule is Cc1ccc(S(=O)C(C)(Cl)C2(O)CCCCCCC2)cc1. The van der Waals surface area contributed by atoms with Gasteiger partial charge in [-0.15, -0.1) is 11.6 Å². The summed E-state index contributed by atoms with van der Waals surface area (Å²) < 4.78 is 11.7. The number of hydrogen-bond acceptors (Lipinski definition) is 2. The van der Waals surface area contributed by atoms with E-state index in [1.165, 1.54) is 6.42 Å². The van der Waals surface area contributed by atoms with Crippen molar-refractivity contribution in [3.8, 4) is 0 Å². The largest absolute Gasteiger partial charge is 0.387 e. The molecule has 1 saturated carbocycles. The Balaban J connectivity index is 2.25. The zero-order chi connectivity index (χ0) is 15.5. The highest BCUT2D eigenvalue weighted by Crippen LogP contribution is 2.43. The maximum Gasteiger partial charge on any atom is 0.149 e. The van der Waals surface area contributed by atoms with Crippen LogP contribution in [-0.4, -0.2) is 19.1 Å². The fourth-order valence-corrected chi connectivity index (χ4v) is 4.82. The van der Waals surface area contributed by atoms with Crippen molar-refractivity contribution >= 4 is 22.4 Å². The van der Waals surface area contributed by atoms with Crippen molar-refractivity contribution in [2.75, 3.05) is 0 Å². The normalized spacial score (nSPS) is 23.6. The fraction of sp³-hybridized carbons (Fsp3) is 0.647. The predicted octanol–water partition coefficient (Wildman–Crippen LogP) is 4.53. The number of alkyl halides is 1. The maximum absolute atomic E-state index is 12.9. The Morgan fingerprint density at radius 3 is 2.10 bits per heavy atom. The first-order valence-corrected chi connectivity index (χ1v) is 9.29. The Labute approximate surface area is 135 Å². The molecule has 0 heterocycles. The van der Waals surface area contributed by atoms with Gasteiger partial charge < -0.3 is 5.11 Å². The highest BCUT2D eigenvalue weighted by atomic mass is 35.5. The van der Waals surface area contributed by atoms with Crippen molar-refractivity contribution < 1.29 is 9.32 Å². The van der Waals surface area contributed by atoms with E-state index in [1.807, 2.05) is 31.2 Å². The van der Waals surface area contributed by atoms with E-state index in [-0.39, 0.29) is 0 Å². The van der Waals surface area contributed by atoms with Gasteiger partial charge in [-0.05, 0) is 38.8 Å². The molecule has 1 aliphatic carbocycles. The number of aryl methyl sites for hydroxylation is 1. The Morgan fingerprint density at radius 1 is 1.10 bits per heavy atom. The van der Waals surface area contributed by atoms with Gasteiger partial charge in [0, 0.05) is 4.90 Å². The second-order valence-electron chi connectivity index (χ2n) is 6.30. The van der Waals surface area contributed by atoms with Gasteiger partial charge in [0.2, 0.25) is 0 Å². The summed E-state index contributed by atoms with van der Waals surface area (Å²) in [5.74, 6) is 0. The van der Waals surface area contributed by atoms with Crippen LogP contribution in [-0.2, 0) is 10.8 Å². The lowest BCUT2D eigenvalue weighted by molar-refractivity contribution is 0.00350. The van der Waals surface area contributed by atoms with E-state index in [0.29, 0.717) is 17.7 Å². The summed E-state index contributed by atoms with van der Waals surface area (Å²) in [5, 5.41) is 11.1. The number of benzene rings is 1. The standard InChI is InChI=1S/C17H25ClO2S/c1-14-8-10-15(11-9-14)21(20)16(2,18)17(19)12-6-4-3-5-7-13-17/h8-11,19H,3-7,12-13H2,1-2H3. The monoisotopic (exact) mass is 328 g/mol. The van der Waals surface area contributed by atoms with E-state index < -0.39 is 20.6 Å². The molecule has 2 nitrogen and oxygen atoms in total. The molecule has 118 valence electrons. The van der Waals surface area contributed by atoms with Gasteiger partial charge in [0.1, 0.15) is 4.21 Å². The molecule has 1 N–H and O–H groups in total. The molecule has 0 aromatic heterocycles. The van der Waals surface area contributed by atoms with Gasteiger partial charge in [0.25, 0.3) is 0 Å². The molecule has 0 bridgehead atoms. The van der Waals surface area contributed by atoms with Crippen molar-refractivity contribution in [1.82, 2.24) is 0 Å². The quantitative estimate of drug-likeness (QED) is 0.827. The number of aliphatic hydroxyl groups is 1. The summed E-state index contributed by atoms with van der Waals surface area (Å²) >= 11 is 6.66. The van der Waals surface area contributed by atoms with Crippen molar-refractivity contribution in [3.63, 3.8) is 0 Å². The summed E-state index contributed by atoms with van der Waals surface area (Å²) in [6.07, 6.45) is 6.61. The Hall–Kier alpha value is -0.380. The highest BCUT2D eigenvalue weighted by molar-refractivity contribution is 7.88. The van der Waals surface area contributed by atoms with Gasteiger partial charge >= 0.3 is 0 Å². The van der Waals surface area contributed by atoms with Gasteiger partial charge in [0.15, 0.2) is 0 Å². The Morgan fingerprint density at radius 2 is 1.57 bits per heavy atom. The molecule has 2 unspecified atom stereocenters. The molecule has 1 aromatic rings. The number of halogens is 1. The van der Waals surface area contributed by atoms with Crippen molar-refractivity contribution in [1.29, 1.82) is 0 Å². The van der Waals surface area contributed by atoms with Crippen LogP contribution in [0.4, 0.5) is 0 Å². The van der Waals surface area contributed by atoms with Crippen LogP contribution in [0.1, 0.15) is 57.4 Å². The molecule has 0 amide bonds. The number of hydrogen-bond donors (Lipinski definition) is 1. The minimum atomic E-state index is -1.44. The zero-order valence-corrected chi connectivity index (χ0v) is 14.5. The summed E-state index contributed by atoms with van der Waals surface area (Å²) in [4.78, 5) is 0.689. The molecular formula is C17H25ClO2S. The second kappa shape index (κ2) is 6.80. The molecular weight excluding hydrogens is 304 g/mol. The first kappa shape index (κ1) is 17.0. The Kier molecular flexibility index (Phi) is 5.50. The van der Waals surface area contributed by atoms with Gasteiger partial charge in [-0.1, -0.05) is 49.8 Å². The molecule has 1 aliphatic rings. The minimum Gasteiger partial charge on any atom is -0.387 e. The van der Waals surface area contributed by atoms with Crippen molar-refractivity contribution in [2.45, 2.75) is 73.5 Å². The molecule has 1 fully saturated rings. The zero-order valence-electron chi connectivity index (χ0n) is 12.9. The van der Waals surface area contributed by atoms with Crippen LogP contribution in [0.25, 0.3) is 0 Å². The van der Waals surface area contributed by atoms with Gasteiger partial charge in [-0.25, -0.2) is 0 Å². The predicted molar refractivity (Wildman–Crippen MR) is 89.1 cm³/mol. The van der Waals surface area contributed by atoms with E-state index in [9.17, 15) is 9.32 Å². The third-order valence-electron chi connectivity index (χ3n) is 4.60. The fourth-order valence-electron chi connectivity index (χ4n) is 2.99. The molecule has 0 aliphatic heterocycles. The van der Waals surface area contributed by atoms with Crippen LogP contribution in [0.15, 0.2) is 29.2 Å². The summed E-state index contributed by atoms with van der Waals surface area (Å²) in [7, 11) is -1.44. The average Bonchev–Trinajstić information content (AvgIpc) is 2.43. The van der Waals surface area contributed by atoms with Gasteiger partial charge in [0.05, 0.1) is 16.4 Å². The van der Waals surface area contributed by atoms with E-state index in [4.69, 9.17) is 11.6 Å². The second-order valence-corrected chi connectivity index (χ2v) is 9.10. The molecule has 4 heteroatoms. The van der Waals surface area contributed by atoms with Crippen LogP contribution in [0.3, 0.4) is 0 Å². The van der Waals surface area contributed by atoms with Crippen LogP contribution in [0.2, 0.25) is 0 Å². The molecule has 21 heavy (non-hydrogen) atoms. The number of rotatable bonds is 3. The minimum absolute atomic E-state index is 0.630. The van der Waals surface area contributed by atoms with E-state index in [2.05, 4.69) is 0 Å².